The molecule has 4 heterocycles. The summed E-state index contributed by atoms with van der Waals surface area (Å²) < 4.78 is 26.0. The van der Waals surface area contributed by atoms with Crippen LogP contribution in [0.5, 0.6) is 0 Å². The van der Waals surface area contributed by atoms with Gasteiger partial charge in [0.2, 0.25) is 0 Å². The molecule has 4 fully saturated rings. The monoisotopic (exact) mass is 490 g/mol. The second kappa shape index (κ2) is 11.0. The largest absolute Gasteiger partial charge is 0.390 e. The Hall–Kier alpha value is -1.35. The Labute approximate surface area is 209 Å². The van der Waals surface area contributed by atoms with Crippen LogP contribution in [0, 0.1) is 0 Å². The molecule has 4 saturated heterocycles. The van der Waals surface area contributed by atoms with Crippen LogP contribution in [-0.2, 0) is 23.7 Å². The second-order valence-corrected chi connectivity index (χ2v) is 11.2. The maximum atomic E-state index is 11.1. The van der Waals surface area contributed by atoms with Gasteiger partial charge in [-0.05, 0) is 57.9 Å². The fourth-order valence-electron chi connectivity index (χ4n) is 6.21. The molecule has 0 aromatic rings. The van der Waals surface area contributed by atoms with Crippen LogP contribution in [0.15, 0.2) is 37.0 Å². The van der Waals surface area contributed by atoms with Crippen molar-refractivity contribution in [3.05, 3.63) is 37.0 Å². The van der Waals surface area contributed by atoms with Gasteiger partial charge >= 0.3 is 0 Å². The van der Waals surface area contributed by atoms with E-state index in [0.717, 1.165) is 32.0 Å². The van der Waals surface area contributed by atoms with Crippen molar-refractivity contribution in [2.24, 2.45) is 0 Å². The third-order valence-electron chi connectivity index (χ3n) is 8.32. The van der Waals surface area contributed by atoms with Gasteiger partial charge in [-0.15, -0.1) is 0 Å². The standard InChI is InChI=1S/C28H42O7/c1-5-6-7-8-9-24-27(3,31)12-10-21-22(33-24)11-13-28(4)25(34-21)16-23-26(35-28)20(30)15-19(32-23)14-18(2)17-29/h5-7,17,19-26,30-31H,1-2,8-16H2,3-4H3/t19-,20+,21-,22+,23-,24-,25+,26+,27+,28-/m1/s1. The number of carbonyl (C=O) groups excluding carboxylic acids is 1. The molecular formula is C28H42O7. The molecule has 4 aliphatic rings. The van der Waals surface area contributed by atoms with Gasteiger partial charge in [0.25, 0.3) is 0 Å². The molecule has 0 unspecified atom stereocenters. The molecule has 0 spiro atoms. The Bertz CT molecular complexity index is 807. The molecule has 0 amide bonds. The maximum Gasteiger partial charge on any atom is 0.145 e. The Morgan fingerprint density at radius 3 is 2.57 bits per heavy atom. The van der Waals surface area contributed by atoms with E-state index in [4.69, 9.17) is 18.9 Å². The molecular weight excluding hydrogens is 448 g/mol. The van der Waals surface area contributed by atoms with E-state index in [9.17, 15) is 15.0 Å². The summed E-state index contributed by atoms with van der Waals surface area (Å²) in [5.74, 6) is 0. The molecule has 4 rings (SSSR count). The van der Waals surface area contributed by atoms with Crippen molar-refractivity contribution in [2.75, 3.05) is 0 Å². The highest BCUT2D eigenvalue weighted by molar-refractivity contribution is 5.72. The van der Waals surface area contributed by atoms with Crippen molar-refractivity contribution >= 4 is 6.29 Å². The zero-order valence-corrected chi connectivity index (χ0v) is 21.1. The fourth-order valence-corrected chi connectivity index (χ4v) is 6.21. The lowest BCUT2D eigenvalue weighted by Crippen LogP contribution is -2.62. The minimum absolute atomic E-state index is 0.125. The van der Waals surface area contributed by atoms with Crippen molar-refractivity contribution in [3.63, 3.8) is 0 Å². The third kappa shape index (κ3) is 5.97. The average Bonchev–Trinajstić information content (AvgIpc) is 3.01. The smallest absolute Gasteiger partial charge is 0.145 e. The number of rotatable bonds is 7. The first-order chi connectivity index (χ1) is 16.6. The van der Waals surface area contributed by atoms with Crippen molar-refractivity contribution < 1.29 is 34.0 Å². The van der Waals surface area contributed by atoms with Crippen molar-refractivity contribution in [3.8, 4) is 0 Å². The number of ether oxygens (including phenoxy) is 4. The van der Waals surface area contributed by atoms with Gasteiger partial charge in [-0.1, -0.05) is 31.4 Å². The number of allylic oxidation sites excluding steroid dienone is 3. The van der Waals surface area contributed by atoms with E-state index in [1.54, 1.807) is 6.08 Å². The van der Waals surface area contributed by atoms with E-state index in [1.165, 1.54) is 0 Å². The number of aliphatic hydroxyl groups is 2. The fraction of sp³-hybridized carbons (Fsp3) is 0.750. The van der Waals surface area contributed by atoms with Gasteiger partial charge in [0.1, 0.15) is 12.4 Å². The number of hydrogen-bond acceptors (Lipinski definition) is 7. The minimum atomic E-state index is -0.917. The molecule has 7 heteroatoms. The molecule has 196 valence electrons. The highest BCUT2D eigenvalue weighted by Crippen LogP contribution is 2.45. The van der Waals surface area contributed by atoms with Crippen molar-refractivity contribution in [2.45, 2.75) is 132 Å². The van der Waals surface area contributed by atoms with Gasteiger partial charge in [0, 0.05) is 19.3 Å². The lowest BCUT2D eigenvalue weighted by atomic mass is 9.81. The van der Waals surface area contributed by atoms with Gasteiger partial charge in [-0.2, -0.15) is 0 Å². The van der Waals surface area contributed by atoms with Gasteiger partial charge in [-0.25, -0.2) is 0 Å². The molecule has 0 aliphatic carbocycles. The van der Waals surface area contributed by atoms with Gasteiger partial charge in [-0.3, -0.25) is 4.79 Å². The molecule has 0 bridgehead atoms. The molecule has 0 aromatic carbocycles. The first-order valence-electron chi connectivity index (χ1n) is 13.1. The topological polar surface area (TPSA) is 94.5 Å². The molecule has 0 saturated carbocycles. The Kier molecular flexibility index (Phi) is 8.36. The van der Waals surface area contributed by atoms with Crippen LogP contribution in [0.4, 0.5) is 0 Å². The van der Waals surface area contributed by atoms with E-state index in [2.05, 4.69) is 20.1 Å². The molecule has 4 aliphatic heterocycles. The summed E-state index contributed by atoms with van der Waals surface area (Å²) in [6.45, 7) is 11.4. The van der Waals surface area contributed by atoms with Crippen LogP contribution in [0.25, 0.3) is 0 Å². The predicted octanol–water partition coefficient (Wildman–Crippen LogP) is 3.57. The van der Waals surface area contributed by atoms with E-state index in [0.29, 0.717) is 37.7 Å². The zero-order chi connectivity index (χ0) is 25.2. The highest BCUT2D eigenvalue weighted by atomic mass is 16.6. The van der Waals surface area contributed by atoms with Crippen LogP contribution in [-0.4, -0.2) is 76.5 Å². The summed E-state index contributed by atoms with van der Waals surface area (Å²) in [6.07, 6.45) is 9.86. The molecule has 35 heavy (non-hydrogen) atoms. The van der Waals surface area contributed by atoms with Crippen LogP contribution < -0.4 is 0 Å². The summed E-state index contributed by atoms with van der Waals surface area (Å²) in [6, 6.07) is 0. The zero-order valence-electron chi connectivity index (χ0n) is 21.1. The highest BCUT2D eigenvalue weighted by Gasteiger charge is 2.55. The van der Waals surface area contributed by atoms with Gasteiger partial charge < -0.3 is 29.2 Å². The van der Waals surface area contributed by atoms with Gasteiger partial charge in [0.05, 0.1) is 53.9 Å². The SMILES string of the molecule is C=CC=CCC[C@H]1O[C@H]2CC[C@@]3(C)O[C@H]4[C@@H](O)C[C@@H](CC(=C)C=O)O[C@@H]4C[C@@H]3O[C@@H]2CC[C@]1(C)O. The summed E-state index contributed by atoms with van der Waals surface area (Å²) in [4.78, 5) is 11.0. The number of aliphatic hydroxyl groups excluding tert-OH is 1. The lowest BCUT2D eigenvalue weighted by molar-refractivity contribution is -0.291. The van der Waals surface area contributed by atoms with Crippen LogP contribution in [0.2, 0.25) is 0 Å². The van der Waals surface area contributed by atoms with E-state index >= 15 is 0 Å². The van der Waals surface area contributed by atoms with Crippen LogP contribution >= 0.6 is 0 Å². The minimum Gasteiger partial charge on any atom is -0.390 e. The number of hydrogen-bond donors (Lipinski definition) is 2. The lowest BCUT2D eigenvalue weighted by Gasteiger charge is -2.51. The molecule has 0 aromatic heterocycles. The van der Waals surface area contributed by atoms with Crippen molar-refractivity contribution in [1.29, 1.82) is 0 Å². The summed E-state index contributed by atoms with van der Waals surface area (Å²) in [7, 11) is 0. The van der Waals surface area contributed by atoms with Crippen molar-refractivity contribution in [1.82, 2.24) is 0 Å². The van der Waals surface area contributed by atoms with E-state index < -0.39 is 23.4 Å². The average molecular weight is 491 g/mol. The van der Waals surface area contributed by atoms with Crippen LogP contribution in [0.1, 0.15) is 71.6 Å². The normalized spacial score (nSPS) is 45.9. The number of fused-ring (bicyclic) bond motifs is 3. The number of aldehydes is 1. The first-order valence-corrected chi connectivity index (χ1v) is 13.1. The summed E-state index contributed by atoms with van der Waals surface area (Å²) >= 11 is 0. The molecule has 2 N–H and O–H groups in total. The van der Waals surface area contributed by atoms with Gasteiger partial charge in [0.15, 0.2) is 0 Å². The summed E-state index contributed by atoms with van der Waals surface area (Å²) in [5, 5.41) is 22.0. The Morgan fingerprint density at radius 1 is 1.09 bits per heavy atom. The predicted molar refractivity (Wildman–Crippen MR) is 132 cm³/mol. The number of carbonyl (C=O) groups is 1. The molecule has 10 atom stereocenters. The molecule has 0 radical (unpaired) electrons. The maximum absolute atomic E-state index is 11.1. The first kappa shape index (κ1) is 26.7. The Morgan fingerprint density at radius 2 is 1.83 bits per heavy atom. The molecule has 7 nitrogen and oxygen atoms in total. The third-order valence-corrected chi connectivity index (χ3v) is 8.32. The van der Waals surface area contributed by atoms with E-state index in [-0.39, 0.29) is 36.6 Å². The van der Waals surface area contributed by atoms with Crippen LogP contribution in [0.3, 0.4) is 0 Å². The quantitative estimate of drug-likeness (QED) is 0.320. The second-order valence-electron chi connectivity index (χ2n) is 11.2. The van der Waals surface area contributed by atoms with E-state index in [1.807, 2.05) is 19.1 Å². The Balaban J connectivity index is 1.46. The summed E-state index contributed by atoms with van der Waals surface area (Å²) in [5.41, 5.74) is -1.00.